The lowest BCUT2D eigenvalue weighted by Gasteiger charge is -2.50. The van der Waals surface area contributed by atoms with E-state index in [2.05, 4.69) is 106 Å². The first kappa shape index (κ1) is 20.6. The molecule has 0 unspecified atom stereocenters. The summed E-state index contributed by atoms with van der Waals surface area (Å²) >= 11 is 0. The van der Waals surface area contributed by atoms with Crippen molar-refractivity contribution in [1.29, 1.82) is 0 Å². The number of aromatic nitrogens is 2. The van der Waals surface area contributed by atoms with Gasteiger partial charge in [-0.1, -0.05) is 72.3 Å². The van der Waals surface area contributed by atoms with Gasteiger partial charge in [-0.15, -0.1) is 0 Å². The Morgan fingerprint density at radius 1 is 0.875 bits per heavy atom. The van der Waals surface area contributed by atoms with Crippen LogP contribution in [0, 0.1) is 6.92 Å². The Morgan fingerprint density at radius 3 is 2.12 bits per heavy atom. The molecule has 2 heterocycles. The number of rotatable bonds is 8. The first-order valence-electron chi connectivity index (χ1n) is 11.1. The normalized spacial score (nSPS) is 14.9. The fourth-order valence-corrected chi connectivity index (χ4v) is 4.29. The maximum absolute atomic E-state index is 5.78. The number of nitrogens with one attached hydrogen (secondary N) is 1. The molecule has 0 radical (unpaired) electrons. The van der Waals surface area contributed by atoms with Crippen LogP contribution in [0.3, 0.4) is 0 Å². The van der Waals surface area contributed by atoms with Crippen LogP contribution in [-0.2, 0) is 17.8 Å². The monoisotopic (exact) mass is 424 g/mol. The fraction of sp³-hybridized carbons (Fsp3) is 0.259. The molecule has 32 heavy (non-hydrogen) atoms. The minimum atomic E-state index is -0.104. The topological polar surface area (TPSA) is 50.3 Å². The maximum Gasteiger partial charge on any atom is 0.137 e. The molecule has 1 saturated heterocycles. The molecule has 1 aromatic heterocycles. The second-order valence-corrected chi connectivity index (χ2v) is 8.64. The van der Waals surface area contributed by atoms with Crippen molar-refractivity contribution in [2.24, 2.45) is 0 Å². The molecule has 1 fully saturated rings. The molecular formula is C27H28N4O. The molecule has 1 aliphatic heterocycles. The van der Waals surface area contributed by atoms with E-state index in [-0.39, 0.29) is 5.54 Å². The standard InChI is InChI=1S/C27H28N4O/c1-21-12-13-25-24(14-21)26(30-20-29-25)28-17-27(18-32-19-27)31(15-22-8-4-2-5-9-22)16-23-10-6-3-7-11-23/h2-14,20H,15-19H2,1H3,(H,28,29,30). The van der Waals surface area contributed by atoms with Gasteiger partial charge < -0.3 is 10.1 Å². The van der Waals surface area contributed by atoms with Crippen LogP contribution in [-0.4, -0.2) is 40.2 Å². The van der Waals surface area contributed by atoms with Gasteiger partial charge in [0.15, 0.2) is 0 Å². The Labute approximate surface area is 189 Å². The number of hydrogen-bond donors (Lipinski definition) is 1. The summed E-state index contributed by atoms with van der Waals surface area (Å²) in [5.41, 5.74) is 4.66. The van der Waals surface area contributed by atoms with Crippen LogP contribution in [0.1, 0.15) is 16.7 Å². The van der Waals surface area contributed by atoms with E-state index >= 15 is 0 Å². The van der Waals surface area contributed by atoms with Gasteiger partial charge in [0.2, 0.25) is 0 Å². The SMILES string of the molecule is Cc1ccc2ncnc(NCC3(N(Cc4ccccc4)Cc4ccccc4)COC3)c2c1. The minimum absolute atomic E-state index is 0.104. The highest BCUT2D eigenvalue weighted by atomic mass is 16.5. The molecule has 0 spiro atoms. The molecule has 0 atom stereocenters. The Hall–Kier alpha value is -3.28. The van der Waals surface area contributed by atoms with Crippen LogP contribution in [0.15, 0.2) is 85.2 Å². The summed E-state index contributed by atoms with van der Waals surface area (Å²) in [6, 6.07) is 27.6. The Morgan fingerprint density at radius 2 is 1.53 bits per heavy atom. The number of ether oxygens (including phenoxy) is 1. The van der Waals surface area contributed by atoms with E-state index in [1.54, 1.807) is 6.33 Å². The highest BCUT2D eigenvalue weighted by molar-refractivity contribution is 5.89. The lowest BCUT2D eigenvalue weighted by Crippen LogP contribution is -2.65. The average molecular weight is 425 g/mol. The Balaban J connectivity index is 1.42. The summed E-state index contributed by atoms with van der Waals surface area (Å²) in [5, 5.41) is 4.69. The smallest absolute Gasteiger partial charge is 0.137 e. The molecule has 4 aromatic rings. The fourth-order valence-electron chi connectivity index (χ4n) is 4.29. The van der Waals surface area contributed by atoms with Crippen LogP contribution in [0.4, 0.5) is 5.82 Å². The number of hydrogen-bond acceptors (Lipinski definition) is 5. The van der Waals surface area contributed by atoms with Crippen LogP contribution in [0.2, 0.25) is 0 Å². The summed E-state index contributed by atoms with van der Waals surface area (Å²) in [4.78, 5) is 11.5. The molecule has 5 nitrogen and oxygen atoms in total. The summed E-state index contributed by atoms with van der Waals surface area (Å²) in [6.07, 6.45) is 1.63. The predicted molar refractivity (Wildman–Crippen MR) is 128 cm³/mol. The van der Waals surface area contributed by atoms with Crippen molar-refractivity contribution < 1.29 is 4.74 Å². The summed E-state index contributed by atoms with van der Waals surface area (Å²) in [7, 11) is 0. The van der Waals surface area contributed by atoms with E-state index in [1.807, 2.05) is 0 Å². The van der Waals surface area contributed by atoms with Crippen molar-refractivity contribution in [2.45, 2.75) is 25.6 Å². The lowest BCUT2D eigenvalue weighted by molar-refractivity contribution is -0.140. The van der Waals surface area contributed by atoms with Crippen LogP contribution >= 0.6 is 0 Å². The summed E-state index contributed by atoms with van der Waals surface area (Å²) in [5.74, 6) is 0.879. The quantitative estimate of drug-likeness (QED) is 0.439. The molecule has 3 aromatic carbocycles. The van der Waals surface area contributed by atoms with Crippen molar-refractivity contribution in [3.8, 4) is 0 Å². The van der Waals surface area contributed by atoms with Crippen LogP contribution in [0.25, 0.3) is 10.9 Å². The third kappa shape index (κ3) is 4.35. The maximum atomic E-state index is 5.78. The van der Waals surface area contributed by atoms with Gasteiger partial charge in [-0.2, -0.15) is 0 Å². The molecule has 5 rings (SSSR count). The van der Waals surface area contributed by atoms with Crippen LogP contribution < -0.4 is 5.32 Å². The molecular weight excluding hydrogens is 396 g/mol. The first-order chi connectivity index (χ1) is 15.7. The highest BCUT2D eigenvalue weighted by Gasteiger charge is 2.44. The number of aryl methyl sites for hydroxylation is 1. The zero-order valence-electron chi connectivity index (χ0n) is 18.4. The number of fused-ring (bicyclic) bond motifs is 1. The third-order valence-electron chi connectivity index (χ3n) is 6.22. The van der Waals surface area contributed by atoms with Gasteiger partial charge in [-0.3, -0.25) is 4.90 Å². The van der Waals surface area contributed by atoms with Gasteiger partial charge in [-0.05, 0) is 30.2 Å². The summed E-state index contributed by atoms with van der Waals surface area (Å²) < 4.78 is 5.78. The van der Waals surface area contributed by atoms with Gasteiger partial charge in [0.1, 0.15) is 12.1 Å². The average Bonchev–Trinajstić information content (AvgIpc) is 2.80. The van der Waals surface area contributed by atoms with E-state index in [0.717, 1.165) is 36.4 Å². The van der Waals surface area contributed by atoms with Gasteiger partial charge in [0, 0.05) is 25.0 Å². The van der Waals surface area contributed by atoms with Crippen molar-refractivity contribution in [3.63, 3.8) is 0 Å². The Bertz CT molecular complexity index is 1130. The van der Waals surface area contributed by atoms with Crippen molar-refractivity contribution in [3.05, 3.63) is 102 Å². The van der Waals surface area contributed by atoms with Crippen LogP contribution in [0.5, 0.6) is 0 Å². The van der Waals surface area contributed by atoms with E-state index in [0.29, 0.717) is 13.2 Å². The second-order valence-electron chi connectivity index (χ2n) is 8.64. The molecule has 162 valence electrons. The largest absolute Gasteiger partial charge is 0.377 e. The van der Waals surface area contributed by atoms with E-state index in [9.17, 15) is 0 Å². The van der Waals surface area contributed by atoms with Crippen molar-refractivity contribution in [1.82, 2.24) is 14.9 Å². The highest BCUT2D eigenvalue weighted by Crippen LogP contribution is 2.30. The molecule has 5 heteroatoms. The summed E-state index contributed by atoms with van der Waals surface area (Å²) in [6.45, 7) is 5.98. The molecule has 0 bridgehead atoms. The van der Waals surface area contributed by atoms with E-state index in [1.165, 1.54) is 16.7 Å². The van der Waals surface area contributed by atoms with Gasteiger partial charge >= 0.3 is 0 Å². The van der Waals surface area contributed by atoms with E-state index < -0.39 is 0 Å². The van der Waals surface area contributed by atoms with Gasteiger partial charge in [0.05, 0.1) is 24.3 Å². The molecule has 0 saturated carbocycles. The number of nitrogens with zero attached hydrogens (tertiary/aromatic N) is 3. The molecule has 0 aliphatic carbocycles. The zero-order valence-corrected chi connectivity index (χ0v) is 18.4. The number of anilines is 1. The van der Waals surface area contributed by atoms with Crippen molar-refractivity contribution >= 4 is 16.7 Å². The molecule has 0 amide bonds. The van der Waals surface area contributed by atoms with Gasteiger partial charge in [-0.25, -0.2) is 9.97 Å². The molecule has 1 aliphatic rings. The minimum Gasteiger partial charge on any atom is -0.377 e. The number of benzene rings is 3. The second kappa shape index (κ2) is 9.07. The predicted octanol–water partition coefficient (Wildman–Crippen LogP) is 4.82. The Kier molecular flexibility index (Phi) is 5.84. The third-order valence-corrected chi connectivity index (χ3v) is 6.22. The van der Waals surface area contributed by atoms with Crippen molar-refractivity contribution in [2.75, 3.05) is 25.1 Å². The van der Waals surface area contributed by atoms with Gasteiger partial charge in [0.25, 0.3) is 0 Å². The van der Waals surface area contributed by atoms with E-state index in [4.69, 9.17) is 4.74 Å². The zero-order chi connectivity index (χ0) is 21.8. The lowest BCUT2D eigenvalue weighted by atomic mass is 9.92. The first-order valence-corrected chi connectivity index (χ1v) is 11.1. The molecule has 1 N–H and O–H groups in total.